The van der Waals surface area contributed by atoms with Gasteiger partial charge in [-0.1, -0.05) is 55.0 Å². The van der Waals surface area contributed by atoms with E-state index in [1.807, 2.05) is 18.3 Å². The minimum Gasteiger partial charge on any atom is -0.497 e. The summed E-state index contributed by atoms with van der Waals surface area (Å²) in [4.78, 5) is 7.29. The molecule has 2 heterocycles. The smallest absolute Gasteiger partial charge is 0.118 e. The average molecular weight is 385 g/mol. The highest BCUT2D eigenvalue weighted by Gasteiger charge is 2.20. The molecular weight excluding hydrogens is 356 g/mol. The van der Waals surface area contributed by atoms with Crippen LogP contribution in [0.2, 0.25) is 0 Å². The zero-order valence-corrected chi connectivity index (χ0v) is 17.3. The molecule has 0 unspecified atom stereocenters. The van der Waals surface area contributed by atoms with Crippen molar-refractivity contribution in [1.82, 2.24) is 9.88 Å². The van der Waals surface area contributed by atoms with Crippen molar-refractivity contribution in [2.24, 2.45) is 0 Å². The second kappa shape index (κ2) is 9.06. The first kappa shape index (κ1) is 19.4. The van der Waals surface area contributed by atoms with E-state index >= 15 is 0 Å². The van der Waals surface area contributed by atoms with Crippen LogP contribution in [0.3, 0.4) is 0 Å². The van der Waals surface area contributed by atoms with Crippen LogP contribution < -0.4 is 4.74 Å². The van der Waals surface area contributed by atoms with E-state index in [1.54, 1.807) is 7.11 Å². The van der Waals surface area contributed by atoms with Gasteiger partial charge in [-0.2, -0.15) is 0 Å². The van der Waals surface area contributed by atoms with Gasteiger partial charge in [0.05, 0.1) is 12.8 Å². The Morgan fingerprint density at radius 2 is 1.76 bits per heavy atom. The lowest BCUT2D eigenvalue weighted by molar-refractivity contribution is 0.290. The fourth-order valence-corrected chi connectivity index (χ4v) is 4.05. The Kier molecular flexibility index (Phi) is 6.06. The molecule has 0 amide bonds. The molecule has 0 bridgehead atoms. The maximum Gasteiger partial charge on any atom is 0.118 e. The first-order chi connectivity index (χ1) is 14.3. The Hall–Kier alpha value is -2.91. The van der Waals surface area contributed by atoms with Gasteiger partial charge in [0.15, 0.2) is 0 Å². The third-order valence-corrected chi connectivity index (χ3v) is 5.71. The number of hydrogen-bond donors (Lipinski definition) is 0. The number of aromatic nitrogens is 1. The molecule has 29 heavy (non-hydrogen) atoms. The number of benzene rings is 2. The number of pyridine rings is 1. The molecule has 1 aromatic heterocycles. The molecule has 148 valence electrons. The minimum absolute atomic E-state index is 0.878. The summed E-state index contributed by atoms with van der Waals surface area (Å²) in [5, 5.41) is 0. The van der Waals surface area contributed by atoms with Gasteiger partial charge in [0.2, 0.25) is 0 Å². The first-order valence-corrected chi connectivity index (χ1v) is 10.3. The molecule has 3 heteroatoms. The van der Waals surface area contributed by atoms with Gasteiger partial charge in [0.25, 0.3) is 0 Å². The summed E-state index contributed by atoms with van der Waals surface area (Å²) >= 11 is 0. The van der Waals surface area contributed by atoms with Crippen LogP contribution in [0, 0.1) is 0 Å². The van der Waals surface area contributed by atoms with E-state index in [0.29, 0.717) is 0 Å². The van der Waals surface area contributed by atoms with E-state index in [2.05, 4.69) is 66.4 Å². The summed E-state index contributed by atoms with van der Waals surface area (Å²) in [6.45, 7) is 5.31. The molecule has 0 aliphatic carbocycles. The summed E-state index contributed by atoms with van der Waals surface area (Å²) in [7, 11) is 1.70. The predicted octanol–water partition coefficient (Wildman–Crippen LogP) is 5.83. The van der Waals surface area contributed by atoms with Crippen LogP contribution in [0.15, 0.2) is 78.5 Å². The fraction of sp³-hybridized carbons (Fsp3) is 0.269. The summed E-state index contributed by atoms with van der Waals surface area (Å²) in [5.41, 5.74) is 7.78. The van der Waals surface area contributed by atoms with Gasteiger partial charge in [-0.05, 0) is 59.4 Å². The lowest BCUT2D eigenvalue weighted by Gasteiger charge is -2.30. The van der Waals surface area contributed by atoms with Crippen molar-refractivity contribution < 1.29 is 4.74 Å². The van der Waals surface area contributed by atoms with Gasteiger partial charge < -0.3 is 4.74 Å². The highest BCUT2D eigenvalue weighted by atomic mass is 16.5. The Labute approximate surface area is 173 Å². The van der Waals surface area contributed by atoms with Crippen molar-refractivity contribution >= 4 is 5.57 Å². The van der Waals surface area contributed by atoms with E-state index in [1.165, 1.54) is 27.8 Å². The molecule has 0 saturated heterocycles. The fourth-order valence-electron chi connectivity index (χ4n) is 4.05. The van der Waals surface area contributed by atoms with Crippen molar-refractivity contribution in [1.29, 1.82) is 0 Å². The van der Waals surface area contributed by atoms with E-state index in [-0.39, 0.29) is 0 Å². The van der Waals surface area contributed by atoms with Gasteiger partial charge in [-0.15, -0.1) is 0 Å². The van der Waals surface area contributed by atoms with Gasteiger partial charge in [0.1, 0.15) is 5.75 Å². The van der Waals surface area contributed by atoms with Crippen LogP contribution >= 0.6 is 0 Å². The third kappa shape index (κ3) is 4.57. The predicted molar refractivity (Wildman–Crippen MR) is 120 cm³/mol. The second-order valence-electron chi connectivity index (χ2n) is 7.54. The van der Waals surface area contributed by atoms with E-state index < -0.39 is 0 Å². The molecule has 3 nitrogen and oxygen atoms in total. The molecule has 3 aromatic rings. The third-order valence-electron chi connectivity index (χ3n) is 5.71. The minimum atomic E-state index is 0.878. The highest BCUT2D eigenvalue weighted by molar-refractivity contribution is 5.73. The SMILES string of the molecule is CCC1=C(c2cc(-c3ccc(OC)cc3)ccn2)CN(Cc2ccccc2)CC1. The maximum atomic E-state index is 5.29. The Bertz CT molecular complexity index is 977. The number of rotatable bonds is 6. The lowest BCUT2D eigenvalue weighted by atomic mass is 9.93. The van der Waals surface area contributed by atoms with Gasteiger partial charge in [-0.3, -0.25) is 9.88 Å². The standard InChI is InChI=1S/C26H28N2O/c1-3-21-14-16-28(18-20-7-5-4-6-8-20)19-25(21)26-17-23(13-15-27-26)22-9-11-24(29-2)12-10-22/h4-13,15,17H,3,14,16,18-19H2,1-2H3. The molecule has 0 N–H and O–H groups in total. The normalized spacial score (nSPS) is 14.8. The monoisotopic (exact) mass is 384 g/mol. The van der Waals surface area contributed by atoms with Crippen LogP contribution in [0.25, 0.3) is 16.7 Å². The van der Waals surface area contributed by atoms with Gasteiger partial charge in [0, 0.05) is 25.8 Å². The van der Waals surface area contributed by atoms with Crippen LogP contribution in [-0.4, -0.2) is 30.1 Å². The highest BCUT2D eigenvalue weighted by Crippen LogP contribution is 2.31. The number of nitrogens with zero attached hydrogens (tertiary/aromatic N) is 2. The molecule has 1 aliphatic heterocycles. The summed E-state index contributed by atoms with van der Waals surface area (Å²) in [6, 6.07) is 23.3. The topological polar surface area (TPSA) is 25.4 Å². The lowest BCUT2D eigenvalue weighted by Crippen LogP contribution is -2.31. The number of ether oxygens (including phenoxy) is 1. The summed E-state index contributed by atoms with van der Waals surface area (Å²) < 4.78 is 5.29. The zero-order chi connectivity index (χ0) is 20.1. The molecule has 0 fully saturated rings. The van der Waals surface area contributed by atoms with E-state index in [4.69, 9.17) is 9.72 Å². The average Bonchev–Trinajstić information content (AvgIpc) is 2.80. The van der Waals surface area contributed by atoms with Crippen LogP contribution in [0.1, 0.15) is 31.0 Å². The quantitative estimate of drug-likeness (QED) is 0.535. The largest absolute Gasteiger partial charge is 0.497 e. The number of hydrogen-bond acceptors (Lipinski definition) is 3. The van der Waals surface area contributed by atoms with Crippen LogP contribution in [0.4, 0.5) is 0 Å². The van der Waals surface area contributed by atoms with Gasteiger partial charge in [-0.25, -0.2) is 0 Å². The molecule has 2 aromatic carbocycles. The zero-order valence-electron chi connectivity index (χ0n) is 17.3. The first-order valence-electron chi connectivity index (χ1n) is 10.3. The molecule has 0 radical (unpaired) electrons. The summed E-state index contributed by atoms with van der Waals surface area (Å²) in [6.07, 6.45) is 4.14. The Morgan fingerprint density at radius 1 is 0.966 bits per heavy atom. The molecule has 0 spiro atoms. The van der Waals surface area contributed by atoms with E-state index in [9.17, 15) is 0 Å². The summed E-state index contributed by atoms with van der Waals surface area (Å²) in [5.74, 6) is 0.878. The number of methoxy groups -OCH3 is 1. The van der Waals surface area contributed by atoms with Gasteiger partial charge >= 0.3 is 0 Å². The van der Waals surface area contributed by atoms with Crippen molar-refractivity contribution in [2.75, 3.05) is 20.2 Å². The molecule has 4 rings (SSSR count). The Balaban J connectivity index is 1.60. The molecule has 1 aliphatic rings. The van der Waals surface area contributed by atoms with Crippen molar-refractivity contribution in [3.63, 3.8) is 0 Å². The van der Waals surface area contributed by atoms with Crippen molar-refractivity contribution in [2.45, 2.75) is 26.3 Å². The Morgan fingerprint density at radius 3 is 2.48 bits per heavy atom. The second-order valence-corrected chi connectivity index (χ2v) is 7.54. The van der Waals surface area contributed by atoms with Crippen LogP contribution in [-0.2, 0) is 6.54 Å². The molecule has 0 saturated carbocycles. The van der Waals surface area contributed by atoms with Crippen molar-refractivity contribution in [3.05, 3.63) is 89.8 Å². The van der Waals surface area contributed by atoms with Crippen LogP contribution in [0.5, 0.6) is 5.75 Å². The maximum absolute atomic E-state index is 5.29. The molecular formula is C26H28N2O. The molecule has 0 atom stereocenters. The van der Waals surface area contributed by atoms with E-state index in [0.717, 1.165) is 43.9 Å². The van der Waals surface area contributed by atoms with Crippen molar-refractivity contribution in [3.8, 4) is 16.9 Å².